The number of aromatic carboxylic acids is 1. The monoisotopic (exact) mass is 238 g/mol. The van der Waals surface area contributed by atoms with E-state index in [1.165, 1.54) is 11.0 Å². The van der Waals surface area contributed by atoms with Crippen LogP contribution in [-0.4, -0.2) is 23.5 Å². The summed E-state index contributed by atoms with van der Waals surface area (Å²) >= 11 is 0. The number of rotatable bonds is 2. The molecule has 0 aliphatic carbocycles. The molecule has 1 aromatic carbocycles. The van der Waals surface area contributed by atoms with Crippen molar-refractivity contribution >= 4 is 23.3 Å². The van der Waals surface area contributed by atoms with Crippen molar-refractivity contribution in [2.45, 2.75) is 12.8 Å². The summed E-state index contributed by atoms with van der Waals surface area (Å²) in [5.74, 6) is -2.53. The number of nitrogens with zero attached hydrogens (tertiary/aromatic N) is 1. The fourth-order valence-corrected chi connectivity index (χ4v) is 1.89. The van der Waals surface area contributed by atoms with Gasteiger partial charge in [-0.1, -0.05) is 0 Å². The lowest BCUT2D eigenvalue weighted by atomic mass is 10.1. The lowest BCUT2D eigenvalue weighted by Gasteiger charge is -2.18. The molecule has 0 radical (unpaired) electrons. The summed E-state index contributed by atoms with van der Waals surface area (Å²) in [6.45, 7) is 0.387. The highest BCUT2D eigenvalue weighted by atomic mass is 19.1. The van der Waals surface area contributed by atoms with E-state index in [1.54, 1.807) is 0 Å². The summed E-state index contributed by atoms with van der Waals surface area (Å²) in [6.07, 6.45) is 0.978. The molecule has 1 aromatic rings. The first-order valence-corrected chi connectivity index (χ1v) is 5.13. The average molecular weight is 238 g/mol. The van der Waals surface area contributed by atoms with Crippen LogP contribution in [0.2, 0.25) is 0 Å². The fourth-order valence-electron chi connectivity index (χ4n) is 1.89. The summed E-state index contributed by atoms with van der Waals surface area (Å²) in [5.41, 5.74) is 5.07. The van der Waals surface area contributed by atoms with E-state index in [2.05, 4.69) is 0 Å². The lowest BCUT2D eigenvalue weighted by Crippen LogP contribution is -2.25. The van der Waals surface area contributed by atoms with E-state index in [9.17, 15) is 14.0 Å². The van der Waals surface area contributed by atoms with Crippen molar-refractivity contribution in [3.05, 3.63) is 23.5 Å². The number of carbonyl (C=O) groups excluding carboxylic acids is 1. The second kappa shape index (κ2) is 4.04. The van der Waals surface area contributed by atoms with Gasteiger partial charge in [0.1, 0.15) is 0 Å². The molecular weight excluding hydrogens is 227 g/mol. The second-order valence-electron chi connectivity index (χ2n) is 3.86. The number of hydrogen-bond donors (Lipinski definition) is 2. The zero-order valence-corrected chi connectivity index (χ0v) is 8.94. The van der Waals surface area contributed by atoms with Gasteiger partial charge in [0, 0.05) is 18.7 Å². The maximum Gasteiger partial charge on any atom is 0.338 e. The predicted octanol–water partition coefficient (Wildman–Crippen LogP) is 1.23. The second-order valence-corrected chi connectivity index (χ2v) is 3.86. The molecule has 90 valence electrons. The van der Waals surface area contributed by atoms with Crippen LogP contribution in [0.3, 0.4) is 0 Å². The molecule has 0 bridgehead atoms. The Balaban J connectivity index is 2.53. The van der Waals surface area contributed by atoms with Gasteiger partial charge in [0.15, 0.2) is 5.82 Å². The van der Waals surface area contributed by atoms with Gasteiger partial charge in [-0.05, 0) is 18.6 Å². The molecule has 3 N–H and O–H groups in total. The van der Waals surface area contributed by atoms with Gasteiger partial charge in [-0.25, -0.2) is 9.18 Å². The summed E-state index contributed by atoms with van der Waals surface area (Å²) in [4.78, 5) is 23.5. The number of nitrogen functional groups attached to an aromatic ring is 1. The zero-order valence-electron chi connectivity index (χ0n) is 8.94. The summed E-state index contributed by atoms with van der Waals surface area (Å²) in [5, 5.41) is 8.82. The van der Waals surface area contributed by atoms with Crippen LogP contribution in [0.15, 0.2) is 12.1 Å². The van der Waals surface area contributed by atoms with Crippen LogP contribution in [-0.2, 0) is 4.79 Å². The van der Waals surface area contributed by atoms with Crippen LogP contribution >= 0.6 is 0 Å². The zero-order chi connectivity index (χ0) is 12.6. The van der Waals surface area contributed by atoms with Crippen LogP contribution in [0.4, 0.5) is 15.8 Å². The van der Waals surface area contributed by atoms with Crippen LogP contribution in [0.1, 0.15) is 23.2 Å². The van der Waals surface area contributed by atoms with E-state index in [4.69, 9.17) is 10.8 Å². The number of carboxylic acid groups (broad SMARTS) is 1. The number of hydrogen-bond acceptors (Lipinski definition) is 3. The number of benzene rings is 1. The van der Waals surface area contributed by atoms with E-state index in [1.807, 2.05) is 0 Å². The summed E-state index contributed by atoms with van der Waals surface area (Å²) in [6, 6.07) is 2.33. The Hall–Kier alpha value is -2.11. The molecule has 1 aliphatic heterocycles. The highest BCUT2D eigenvalue weighted by Crippen LogP contribution is 2.29. The Bertz CT molecular complexity index is 502. The maximum absolute atomic E-state index is 13.9. The Morgan fingerprint density at radius 2 is 2.18 bits per heavy atom. The van der Waals surface area contributed by atoms with Crippen molar-refractivity contribution in [3.8, 4) is 0 Å². The third-order valence-electron chi connectivity index (χ3n) is 2.67. The molecule has 6 heteroatoms. The van der Waals surface area contributed by atoms with Crippen molar-refractivity contribution in [1.82, 2.24) is 0 Å². The lowest BCUT2D eigenvalue weighted by molar-refractivity contribution is -0.117. The number of halogens is 1. The molecule has 1 heterocycles. The molecule has 0 atom stereocenters. The quantitative estimate of drug-likeness (QED) is 0.759. The van der Waals surface area contributed by atoms with Crippen LogP contribution in [0.5, 0.6) is 0 Å². The van der Waals surface area contributed by atoms with Gasteiger partial charge in [0.25, 0.3) is 0 Å². The number of anilines is 2. The number of nitrogens with two attached hydrogens (primary N) is 1. The molecule has 0 aromatic heterocycles. The van der Waals surface area contributed by atoms with Crippen molar-refractivity contribution < 1.29 is 19.1 Å². The van der Waals surface area contributed by atoms with Crippen LogP contribution in [0, 0.1) is 5.82 Å². The minimum absolute atomic E-state index is 0.0510. The van der Waals surface area contributed by atoms with E-state index in [0.29, 0.717) is 19.4 Å². The normalized spacial score (nSPS) is 15.4. The first-order valence-electron chi connectivity index (χ1n) is 5.13. The predicted molar refractivity (Wildman–Crippen MR) is 59.4 cm³/mol. The minimum Gasteiger partial charge on any atom is -0.478 e. The van der Waals surface area contributed by atoms with E-state index >= 15 is 0 Å². The first-order chi connectivity index (χ1) is 8.00. The molecular formula is C11H11FN2O3. The molecule has 1 amide bonds. The maximum atomic E-state index is 13.9. The van der Waals surface area contributed by atoms with Crippen LogP contribution < -0.4 is 10.6 Å². The molecule has 1 aliphatic rings. The number of carboxylic acids is 1. The van der Waals surface area contributed by atoms with Crippen LogP contribution in [0.25, 0.3) is 0 Å². The van der Waals surface area contributed by atoms with Crippen molar-refractivity contribution in [3.63, 3.8) is 0 Å². The Labute approximate surface area is 96.6 Å². The summed E-state index contributed by atoms with van der Waals surface area (Å²) < 4.78 is 13.9. The van der Waals surface area contributed by atoms with E-state index in [-0.39, 0.29) is 17.3 Å². The molecule has 0 unspecified atom stereocenters. The topological polar surface area (TPSA) is 83.6 Å². The van der Waals surface area contributed by atoms with Gasteiger partial charge < -0.3 is 15.7 Å². The minimum atomic E-state index is -1.40. The van der Waals surface area contributed by atoms with E-state index in [0.717, 1.165) is 6.07 Å². The van der Waals surface area contributed by atoms with Gasteiger partial charge in [-0.3, -0.25) is 4.79 Å². The number of amides is 1. The summed E-state index contributed by atoms with van der Waals surface area (Å²) in [7, 11) is 0. The standard InChI is InChI=1S/C11H11FN2O3/c12-10-7(11(16)17)4-6(13)5-8(10)14-3-1-2-9(14)15/h4-5H,1-3,13H2,(H,16,17). The Morgan fingerprint density at radius 1 is 1.47 bits per heavy atom. The average Bonchev–Trinajstić information content (AvgIpc) is 2.67. The van der Waals surface area contributed by atoms with Crippen molar-refractivity contribution in [1.29, 1.82) is 0 Å². The van der Waals surface area contributed by atoms with Crippen molar-refractivity contribution in [2.75, 3.05) is 17.2 Å². The highest BCUT2D eigenvalue weighted by Gasteiger charge is 2.27. The third-order valence-corrected chi connectivity index (χ3v) is 2.67. The smallest absolute Gasteiger partial charge is 0.338 e. The molecule has 0 saturated carbocycles. The van der Waals surface area contributed by atoms with Gasteiger partial charge >= 0.3 is 5.97 Å². The van der Waals surface area contributed by atoms with E-state index < -0.39 is 17.3 Å². The van der Waals surface area contributed by atoms with Gasteiger partial charge in [-0.2, -0.15) is 0 Å². The van der Waals surface area contributed by atoms with Gasteiger partial charge in [0.05, 0.1) is 11.3 Å². The van der Waals surface area contributed by atoms with Gasteiger partial charge in [-0.15, -0.1) is 0 Å². The third kappa shape index (κ3) is 1.93. The van der Waals surface area contributed by atoms with Gasteiger partial charge in [0.2, 0.25) is 5.91 Å². The highest BCUT2D eigenvalue weighted by molar-refractivity contribution is 5.98. The molecule has 5 nitrogen and oxygen atoms in total. The Morgan fingerprint density at radius 3 is 2.71 bits per heavy atom. The number of carbonyl (C=O) groups is 2. The SMILES string of the molecule is Nc1cc(C(=O)O)c(F)c(N2CCCC2=O)c1. The van der Waals surface area contributed by atoms with Crippen molar-refractivity contribution in [2.24, 2.45) is 0 Å². The molecule has 2 rings (SSSR count). The Kier molecular flexibility index (Phi) is 2.71. The molecule has 1 saturated heterocycles. The fraction of sp³-hybridized carbons (Fsp3) is 0.273. The molecule has 0 spiro atoms. The molecule has 1 fully saturated rings. The largest absolute Gasteiger partial charge is 0.478 e. The molecule has 17 heavy (non-hydrogen) atoms. The first kappa shape index (κ1) is 11.4.